The van der Waals surface area contributed by atoms with Crippen molar-refractivity contribution in [2.45, 2.75) is 96.1 Å². The first-order chi connectivity index (χ1) is 13.7. The number of carbonyl (C=O) groups is 2. The number of aliphatic carboxylic acids is 1. The van der Waals surface area contributed by atoms with Crippen LogP contribution in [0.1, 0.15) is 72.1 Å². The second-order valence-corrected chi connectivity index (χ2v) is 9.36. The van der Waals surface area contributed by atoms with Gasteiger partial charge in [0.25, 0.3) is 0 Å². The number of esters is 1. The molecule has 4 heterocycles. The molecule has 0 aromatic carbocycles. The summed E-state index contributed by atoms with van der Waals surface area (Å²) >= 11 is 0. The Labute approximate surface area is 171 Å². The van der Waals surface area contributed by atoms with Crippen molar-refractivity contribution in [3.05, 3.63) is 0 Å². The Morgan fingerprint density at radius 3 is 2.59 bits per heavy atom. The zero-order valence-corrected chi connectivity index (χ0v) is 17.4. The fourth-order valence-electron chi connectivity index (χ4n) is 5.74. The number of unbranched alkanes of at least 4 members (excludes halogenated alkanes) is 1. The lowest BCUT2D eigenvalue weighted by Gasteiger charge is -2.59. The highest BCUT2D eigenvalue weighted by atomic mass is 17.3. The van der Waals surface area contributed by atoms with Gasteiger partial charge in [-0.25, -0.2) is 9.78 Å². The SMILES string of the molecule is C[C@@H]1CCC2[C@@H](C)[C@H](OC(=O)CCCCC(=O)O)O[C@@H]3O[C@]4(C)CCC1[C@@]23OO4. The molecular weight excluding hydrogens is 380 g/mol. The molecule has 5 rings (SSSR count). The van der Waals surface area contributed by atoms with Crippen LogP contribution >= 0.6 is 0 Å². The highest BCUT2D eigenvalue weighted by molar-refractivity contribution is 5.70. The van der Waals surface area contributed by atoms with Crippen molar-refractivity contribution >= 4 is 11.9 Å². The summed E-state index contributed by atoms with van der Waals surface area (Å²) < 4.78 is 18.1. The summed E-state index contributed by atoms with van der Waals surface area (Å²) in [4.78, 5) is 34.8. The van der Waals surface area contributed by atoms with Crippen molar-refractivity contribution in [1.29, 1.82) is 0 Å². The van der Waals surface area contributed by atoms with Gasteiger partial charge in [0.05, 0.1) is 0 Å². The second kappa shape index (κ2) is 7.80. The van der Waals surface area contributed by atoms with E-state index >= 15 is 0 Å². The van der Waals surface area contributed by atoms with Crippen LogP contribution in [0.5, 0.6) is 0 Å². The van der Waals surface area contributed by atoms with Crippen LogP contribution in [0.3, 0.4) is 0 Å². The summed E-state index contributed by atoms with van der Waals surface area (Å²) in [5.41, 5.74) is -0.669. The van der Waals surface area contributed by atoms with Crippen LogP contribution in [0, 0.1) is 23.7 Å². The molecule has 0 aromatic rings. The molecule has 1 saturated carbocycles. The predicted molar refractivity (Wildman–Crippen MR) is 99.0 cm³/mol. The van der Waals surface area contributed by atoms with E-state index in [0.29, 0.717) is 18.8 Å². The molecule has 0 aromatic heterocycles. The molecule has 8 nitrogen and oxygen atoms in total. The molecule has 0 amide bonds. The van der Waals surface area contributed by atoms with Gasteiger partial charge in [-0.05, 0) is 50.9 Å². The highest BCUT2D eigenvalue weighted by Gasteiger charge is 2.69. The molecule has 2 bridgehead atoms. The van der Waals surface area contributed by atoms with Crippen molar-refractivity contribution < 1.29 is 38.7 Å². The minimum atomic E-state index is -0.858. The van der Waals surface area contributed by atoms with Crippen LogP contribution in [-0.4, -0.2) is 41.0 Å². The van der Waals surface area contributed by atoms with E-state index in [1.807, 2.05) is 13.8 Å². The summed E-state index contributed by atoms with van der Waals surface area (Å²) in [6.45, 7) is 6.15. The molecule has 8 heteroatoms. The number of ether oxygens (including phenoxy) is 3. The number of carboxylic acid groups (broad SMARTS) is 1. The molecule has 5 fully saturated rings. The van der Waals surface area contributed by atoms with Gasteiger partial charge in [0.2, 0.25) is 12.1 Å². The smallest absolute Gasteiger partial charge is 0.308 e. The zero-order chi connectivity index (χ0) is 20.8. The molecule has 164 valence electrons. The number of fused-ring (bicyclic) bond motifs is 2. The number of carbonyl (C=O) groups excluding carboxylic acids is 1. The van der Waals surface area contributed by atoms with E-state index in [9.17, 15) is 9.59 Å². The molecule has 2 unspecified atom stereocenters. The monoisotopic (exact) mass is 412 g/mol. The second-order valence-electron chi connectivity index (χ2n) is 9.36. The van der Waals surface area contributed by atoms with E-state index in [4.69, 9.17) is 29.1 Å². The van der Waals surface area contributed by atoms with Crippen molar-refractivity contribution in [2.24, 2.45) is 23.7 Å². The molecule has 0 radical (unpaired) electrons. The number of carboxylic acids is 1. The van der Waals surface area contributed by atoms with Gasteiger partial charge < -0.3 is 19.3 Å². The standard InChI is InChI=1S/C21H32O8/c1-12-8-9-15-13(2)18(25-17(24)7-5-4-6-16(22)23)26-19-21(15)14(12)10-11-20(3,27-19)28-29-21/h12-15,18-19H,4-11H2,1-3H3,(H,22,23)/t12-,13-,14?,15?,18-,19-,20+,21-/m1/s1. The molecule has 4 saturated heterocycles. The Morgan fingerprint density at radius 2 is 1.83 bits per heavy atom. The summed E-state index contributed by atoms with van der Waals surface area (Å²) in [7, 11) is 0. The van der Waals surface area contributed by atoms with E-state index in [-0.39, 0.29) is 36.6 Å². The van der Waals surface area contributed by atoms with Gasteiger partial charge >= 0.3 is 11.9 Å². The first-order valence-electron chi connectivity index (χ1n) is 10.9. The number of rotatable bonds is 6. The summed E-state index contributed by atoms with van der Waals surface area (Å²) in [5.74, 6) is -1.29. The van der Waals surface area contributed by atoms with E-state index < -0.39 is 29.9 Å². The maximum absolute atomic E-state index is 12.3. The van der Waals surface area contributed by atoms with Gasteiger partial charge in [-0.15, -0.1) is 0 Å². The Kier molecular flexibility index (Phi) is 5.65. The van der Waals surface area contributed by atoms with E-state index in [1.165, 1.54) is 0 Å². The number of hydrogen-bond acceptors (Lipinski definition) is 7. The Bertz CT molecular complexity index is 653. The Morgan fingerprint density at radius 1 is 1.07 bits per heavy atom. The molecule has 1 spiro atoms. The average Bonchev–Trinajstić information content (AvgIpc) is 2.89. The Balaban J connectivity index is 1.47. The molecule has 8 atom stereocenters. The topological polar surface area (TPSA) is 101 Å². The van der Waals surface area contributed by atoms with Gasteiger partial charge in [-0.1, -0.05) is 13.8 Å². The van der Waals surface area contributed by atoms with Gasteiger partial charge in [0, 0.05) is 31.1 Å². The Hall–Kier alpha value is -1.22. The lowest BCUT2D eigenvalue weighted by molar-refractivity contribution is -0.576. The average molecular weight is 412 g/mol. The summed E-state index contributed by atoms with van der Waals surface area (Å²) in [6.07, 6.45) is 3.54. The van der Waals surface area contributed by atoms with Crippen LogP contribution in [0.15, 0.2) is 0 Å². The van der Waals surface area contributed by atoms with Crippen LogP contribution < -0.4 is 0 Å². The van der Waals surface area contributed by atoms with Crippen molar-refractivity contribution in [3.63, 3.8) is 0 Å². The maximum atomic E-state index is 12.3. The summed E-state index contributed by atoms with van der Waals surface area (Å²) in [6, 6.07) is 0. The lowest BCUT2D eigenvalue weighted by atomic mass is 9.58. The molecule has 5 aliphatic rings. The van der Waals surface area contributed by atoms with E-state index in [2.05, 4.69) is 6.92 Å². The van der Waals surface area contributed by atoms with Crippen molar-refractivity contribution in [3.8, 4) is 0 Å². The first-order valence-corrected chi connectivity index (χ1v) is 10.9. The molecular formula is C21H32O8. The fraction of sp³-hybridized carbons (Fsp3) is 0.905. The molecule has 29 heavy (non-hydrogen) atoms. The molecule has 4 aliphatic heterocycles. The molecule has 1 N–H and O–H groups in total. The zero-order valence-electron chi connectivity index (χ0n) is 17.4. The fourth-order valence-corrected chi connectivity index (χ4v) is 5.74. The van der Waals surface area contributed by atoms with Gasteiger partial charge in [-0.2, -0.15) is 0 Å². The quantitative estimate of drug-likeness (QED) is 0.403. The van der Waals surface area contributed by atoms with Crippen LogP contribution in [0.25, 0.3) is 0 Å². The number of hydrogen-bond donors (Lipinski definition) is 1. The molecule has 1 aliphatic carbocycles. The van der Waals surface area contributed by atoms with Crippen molar-refractivity contribution in [1.82, 2.24) is 0 Å². The minimum absolute atomic E-state index is 0.0552. The van der Waals surface area contributed by atoms with Crippen LogP contribution in [-0.2, 0) is 33.6 Å². The lowest BCUT2D eigenvalue weighted by Crippen LogP contribution is -2.70. The third-order valence-electron chi connectivity index (χ3n) is 7.37. The maximum Gasteiger partial charge on any atom is 0.308 e. The van der Waals surface area contributed by atoms with Gasteiger partial charge in [0.15, 0.2) is 11.9 Å². The summed E-state index contributed by atoms with van der Waals surface area (Å²) in [5, 5.41) is 8.71. The van der Waals surface area contributed by atoms with Crippen LogP contribution in [0.4, 0.5) is 0 Å². The van der Waals surface area contributed by atoms with Gasteiger partial charge in [-0.3, -0.25) is 9.59 Å². The predicted octanol–water partition coefficient (Wildman–Crippen LogP) is 3.38. The van der Waals surface area contributed by atoms with Crippen LogP contribution in [0.2, 0.25) is 0 Å². The first kappa shape index (κ1) is 21.0. The van der Waals surface area contributed by atoms with E-state index in [0.717, 1.165) is 25.7 Å². The third kappa shape index (κ3) is 3.69. The van der Waals surface area contributed by atoms with Gasteiger partial charge in [0.1, 0.15) is 0 Å². The van der Waals surface area contributed by atoms with Crippen molar-refractivity contribution in [2.75, 3.05) is 0 Å². The third-order valence-corrected chi connectivity index (χ3v) is 7.37. The minimum Gasteiger partial charge on any atom is -0.481 e. The van der Waals surface area contributed by atoms with E-state index in [1.54, 1.807) is 0 Å². The largest absolute Gasteiger partial charge is 0.481 e. The normalized spacial score (nSPS) is 45.9. The highest BCUT2D eigenvalue weighted by Crippen LogP contribution is 2.60.